The summed E-state index contributed by atoms with van der Waals surface area (Å²) in [6.07, 6.45) is 7.92. The van der Waals surface area contributed by atoms with Crippen molar-refractivity contribution in [2.75, 3.05) is 6.54 Å². The van der Waals surface area contributed by atoms with Crippen molar-refractivity contribution in [2.24, 2.45) is 0 Å². The van der Waals surface area contributed by atoms with Gasteiger partial charge in [-0.25, -0.2) is 0 Å². The van der Waals surface area contributed by atoms with Gasteiger partial charge in [0.1, 0.15) is 0 Å². The van der Waals surface area contributed by atoms with E-state index in [-0.39, 0.29) is 0 Å². The fraction of sp³-hybridized carbons (Fsp3) is 0.700. The topological polar surface area (TPSA) is 29.9 Å². The van der Waals surface area contributed by atoms with Gasteiger partial charge in [-0.1, -0.05) is 0 Å². The molecule has 2 heterocycles. The Hall–Kier alpha value is -0.830. The number of aromatic nitrogens is 2. The van der Waals surface area contributed by atoms with Crippen molar-refractivity contribution < 1.29 is 0 Å². The summed E-state index contributed by atoms with van der Waals surface area (Å²) in [5.41, 5.74) is 1.36. The zero-order chi connectivity index (χ0) is 9.10. The van der Waals surface area contributed by atoms with Crippen molar-refractivity contribution in [1.82, 2.24) is 15.1 Å². The molecule has 3 heteroatoms. The third kappa shape index (κ3) is 2.10. The molecule has 1 saturated heterocycles. The van der Waals surface area contributed by atoms with Gasteiger partial charge >= 0.3 is 0 Å². The summed E-state index contributed by atoms with van der Waals surface area (Å²) in [5, 5.41) is 7.76. The molecule has 0 unspecified atom stereocenters. The predicted molar refractivity (Wildman–Crippen MR) is 52.6 cm³/mol. The number of nitrogens with zero attached hydrogens (tertiary/aromatic N) is 2. The maximum absolute atomic E-state index is 4.27. The molecule has 0 spiro atoms. The highest BCUT2D eigenvalue weighted by Crippen LogP contribution is 2.11. The minimum absolute atomic E-state index is 0.689. The first-order valence-corrected chi connectivity index (χ1v) is 5.13. The molecule has 0 amide bonds. The minimum Gasteiger partial charge on any atom is -0.314 e. The molecule has 1 aromatic rings. The van der Waals surface area contributed by atoms with E-state index in [0.29, 0.717) is 6.04 Å². The molecular weight excluding hydrogens is 162 g/mol. The van der Waals surface area contributed by atoms with E-state index in [0.717, 1.165) is 13.0 Å². The molecule has 0 bridgehead atoms. The van der Waals surface area contributed by atoms with Gasteiger partial charge in [0.2, 0.25) is 0 Å². The van der Waals surface area contributed by atoms with Crippen LogP contribution in [0.5, 0.6) is 0 Å². The molecule has 72 valence electrons. The SMILES string of the molecule is CCn1cc(C[C@H]2CCCN2)cn1. The first-order chi connectivity index (χ1) is 6.38. The minimum atomic E-state index is 0.689. The maximum atomic E-state index is 4.27. The van der Waals surface area contributed by atoms with Gasteiger partial charge in [-0.05, 0) is 38.3 Å². The van der Waals surface area contributed by atoms with Crippen LogP contribution in [0.3, 0.4) is 0 Å². The van der Waals surface area contributed by atoms with Crippen LogP contribution in [0.4, 0.5) is 0 Å². The Morgan fingerprint density at radius 2 is 2.62 bits per heavy atom. The molecule has 0 saturated carbocycles. The largest absolute Gasteiger partial charge is 0.314 e. The lowest BCUT2D eigenvalue weighted by molar-refractivity contribution is 0.601. The van der Waals surface area contributed by atoms with Crippen LogP contribution in [0.15, 0.2) is 12.4 Å². The van der Waals surface area contributed by atoms with E-state index >= 15 is 0 Å². The lowest BCUT2D eigenvalue weighted by Crippen LogP contribution is -2.23. The number of hydrogen-bond donors (Lipinski definition) is 1. The summed E-state index contributed by atoms with van der Waals surface area (Å²) < 4.78 is 1.99. The van der Waals surface area contributed by atoms with E-state index in [4.69, 9.17) is 0 Å². The highest BCUT2D eigenvalue weighted by Gasteiger charge is 2.14. The lowest BCUT2D eigenvalue weighted by Gasteiger charge is -2.06. The van der Waals surface area contributed by atoms with Crippen LogP contribution in [-0.2, 0) is 13.0 Å². The van der Waals surface area contributed by atoms with E-state index in [1.165, 1.54) is 24.9 Å². The molecule has 1 aromatic heterocycles. The van der Waals surface area contributed by atoms with Crippen molar-refractivity contribution in [3.8, 4) is 0 Å². The second-order valence-electron chi connectivity index (χ2n) is 3.70. The Morgan fingerprint density at radius 1 is 1.69 bits per heavy atom. The van der Waals surface area contributed by atoms with Gasteiger partial charge in [0.25, 0.3) is 0 Å². The fourth-order valence-corrected chi connectivity index (χ4v) is 1.90. The molecule has 0 radical (unpaired) electrons. The third-order valence-electron chi connectivity index (χ3n) is 2.66. The Balaban J connectivity index is 1.92. The van der Waals surface area contributed by atoms with Crippen LogP contribution in [0.2, 0.25) is 0 Å². The van der Waals surface area contributed by atoms with Gasteiger partial charge in [0, 0.05) is 18.8 Å². The predicted octanol–water partition coefficient (Wildman–Crippen LogP) is 1.20. The standard InChI is InChI=1S/C10H17N3/c1-2-13-8-9(7-12-13)6-10-4-3-5-11-10/h7-8,10-11H,2-6H2,1H3/t10-/m1/s1. The van der Waals surface area contributed by atoms with Gasteiger partial charge in [0.15, 0.2) is 0 Å². The molecule has 1 atom stereocenters. The summed E-state index contributed by atoms with van der Waals surface area (Å²) >= 11 is 0. The van der Waals surface area contributed by atoms with Gasteiger partial charge in [-0.3, -0.25) is 4.68 Å². The Morgan fingerprint density at radius 3 is 3.23 bits per heavy atom. The molecule has 13 heavy (non-hydrogen) atoms. The van der Waals surface area contributed by atoms with Crippen LogP contribution in [0.25, 0.3) is 0 Å². The number of hydrogen-bond acceptors (Lipinski definition) is 2. The van der Waals surface area contributed by atoms with Crippen molar-refractivity contribution in [2.45, 2.75) is 38.8 Å². The second-order valence-corrected chi connectivity index (χ2v) is 3.70. The van der Waals surface area contributed by atoms with E-state index in [9.17, 15) is 0 Å². The summed E-state index contributed by atoms with van der Waals surface area (Å²) in [6, 6.07) is 0.689. The number of nitrogens with one attached hydrogen (secondary N) is 1. The molecule has 1 N–H and O–H groups in total. The monoisotopic (exact) mass is 179 g/mol. The van der Waals surface area contributed by atoms with Crippen LogP contribution >= 0.6 is 0 Å². The number of rotatable bonds is 3. The molecular formula is C10H17N3. The van der Waals surface area contributed by atoms with E-state index in [2.05, 4.69) is 23.5 Å². The first kappa shape index (κ1) is 8.75. The molecule has 1 fully saturated rings. The molecule has 1 aliphatic heterocycles. The molecule has 2 rings (SSSR count). The smallest absolute Gasteiger partial charge is 0.0522 e. The van der Waals surface area contributed by atoms with Gasteiger partial charge in [-0.15, -0.1) is 0 Å². The quantitative estimate of drug-likeness (QED) is 0.755. The average molecular weight is 179 g/mol. The summed E-state index contributed by atoms with van der Waals surface area (Å²) in [4.78, 5) is 0. The normalized spacial score (nSPS) is 22.4. The lowest BCUT2D eigenvalue weighted by atomic mass is 10.1. The van der Waals surface area contributed by atoms with Gasteiger partial charge < -0.3 is 5.32 Å². The number of aryl methyl sites for hydroxylation is 1. The Labute approximate surface area is 79.1 Å². The third-order valence-corrected chi connectivity index (χ3v) is 2.66. The molecule has 0 aromatic carbocycles. The Kier molecular flexibility index (Phi) is 2.64. The highest BCUT2D eigenvalue weighted by atomic mass is 15.3. The molecule has 0 aliphatic carbocycles. The van der Waals surface area contributed by atoms with Crippen LogP contribution in [-0.4, -0.2) is 22.4 Å². The van der Waals surface area contributed by atoms with Crippen molar-refractivity contribution in [3.05, 3.63) is 18.0 Å². The van der Waals surface area contributed by atoms with Crippen molar-refractivity contribution in [3.63, 3.8) is 0 Å². The Bertz CT molecular complexity index is 261. The average Bonchev–Trinajstić information content (AvgIpc) is 2.76. The van der Waals surface area contributed by atoms with E-state index in [1.54, 1.807) is 0 Å². The molecule has 1 aliphatic rings. The maximum Gasteiger partial charge on any atom is 0.0522 e. The second kappa shape index (κ2) is 3.92. The zero-order valence-corrected chi connectivity index (χ0v) is 8.16. The highest BCUT2D eigenvalue weighted by molar-refractivity contribution is 5.06. The van der Waals surface area contributed by atoms with E-state index in [1.807, 2.05) is 10.9 Å². The molecule has 3 nitrogen and oxygen atoms in total. The van der Waals surface area contributed by atoms with Gasteiger partial charge in [0.05, 0.1) is 6.20 Å². The van der Waals surface area contributed by atoms with Crippen molar-refractivity contribution in [1.29, 1.82) is 0 Å². The summed E-state index contributed by atoms with van der Waals surface area (Å²) in [7, 11) is 0. The van der Waals surface area contributed by atoms with Crippen LogP contribution in [0, 0.1) is 0 Å². The van der Waals surface area contributed by atoms with Gasteiger partial charge in [-0.2, -0.15) is 5.10 Å². The van der Waals surface area contributed by atoms with E-state index < -0.39 is 0 Å². The summed E-state index contributed by atoms with van der Waals surface area (Å²) in [6.45, 7) is 4.27. The fourth-order valence-electron chi connectivity index (χ4n) is 1.90. The summed E-state index contributed by atoms with van der Waals surface area (Å²) in [5.74, 6) is 0. The van der Waals surface area contributed by atoms with Crippen LogP contribution < -0.4 is 5.32 Å². The van der Waals surface area contributed by atoms with Crippen molar-refractivity contribution >= 4 is 0 Å². The zero-order valence-electron chi connectivity index (χ0n) is 8.16. The van der Waals surface area contributed by atoms with Crippen LogP contribution in [0.1, 0.15) is 25.3 Å². The first-order valence-electron chi connectivity index (χ1n) is 5.13.